The molecule has 0 fully saturated rings. The normalized spacial score (nSPS) is 5.58. The van der Waals surface area contributed by atoms with Crippen molar-refractivity contribution in [1.82, 2.24) is 0 Å². The van der Waals surface area contributed by atoms with Crippen molar-refractivity contribution >= 4 is 6.29 Å². The Morgan fingerprint density at radius 1 is 1.17 bits per heavy atom. The van der Waals surface area contributed by atoms with Gasteiger partial charge in [-0.2, -0.15) is 43.3 Å². The van der Waals surface area contributed by atoms with E-state index in [0.717, 1.165) is 0 Å². The second-order valence-electron chi connectivity index (χ2n) is 1.28. The molecule has 0 atom stereocenters. The van der Waals surface area contributed by atoms with Crippen LogP contribution >= 0.6 is 0 Å². The fourth-order valence-electron chi connectivity index (χ4n) is 0.342. The molecule has 1 rings (SSSR count). The first-order valence-corrected chi connectivity index (χ1v) is 3.19. The third-order valence-corrected chi connectivity index (χ3v) is 0.607. The molecule has 0 spiro atoms. The second kappa shape index (κ2) is 22.5. The summed E-state index contributed by atoms with van der Waals surface area (Å²) in [6, 6.07) is 12.5. The fraction of sp³-hybridized carbons (Fsp3) is 0.222. The first-order chi connectivity index (χ1) is 5.41. The molecule has 12 heavy (non-hydrogen) atoms. The summed E-state index contributed by atoms with van der Waals surface area (Å²) in [7, 11) is 1.50. The molecule has 1 aromatic rings. The Kier molecular flexibility index (Phi) is 34.4. The van der Waals surface area contributed by atoms with Crippen molar-refractivity contribution < 1.29 is 56.2 Å². The molecule has 0 unspecified atom stereocenters. The molecule has 1 aromatic carbocycles. The van der Waals surface area contributed by atoms with Gasteiger partial charge in [-0.05, 0) is 7.05 Å². The van der Waals surface area contributed by atoms with Gasteiger partial charge in [0.2, 0.25) is 0 Å². The van der Waals surface area contributed by atoms with Crippen molar-refractivity contribution in [3.63, 3.8) is 0 Å². The minimum Gasteiger partial charge on any atom is -0.542 e. The van der Waals surface area contributed by atoms with Crippen LogP contribution in [0.5, 0.6) is 0 Å². The van der Waals surface area contributed by atoms with Crippen LogP contribution in [-0.4, -0.2) is 13.3 Å². The van der Waals surface area contributed by atoms with Gasteiger partial charge in [0.15, 0.2) is 0 Å². The monoisotopic (exact) mass is 190 g/mol. The van der Waals surface area contributed by atoms with E-state index in [9.17, 15) is 0 Å². The quantitative estimate of drug-likeness (QED) is 0.387. The summed E-state index contributed by atoms with van der Waals surface area (Å²) < 4.78 is 0. The SMILES string of the molecule is CN.C[C-]=O.[K+].[c-]1ccccc1. The van der Waals surface area contributed by atoms with Crippen molar-refractivity contribution in [2.24, 2.45) is 5.73 Å². The first-order valence-electron chi connectivity index (χ1n) is 3.19. The smallest absolute Gasteiger partial charge is 0.542 e. The van der Waals surface area contributed by atoms with Crippen LogP contribution in [0.3, 0.4) is 0 Å². The second-order valence-corrected chi connectivity index (χ2v) is 1.28. The Morgan fingerprint density at radius 2 is 1.50 bits per heavy atom. The molecule has 0 aromatic heterocycles. The van der Waals surface area contributed by atoms with Gasteiger partial charge in [0.05, 0.1) is 0 Å². The molecular formula is C9H13KNO-. The summed E-state index contributed by atoms with van der Waals surface area (Å²) in [6.45, 7) is 1.32. The van der Waals surface area contributed by atoms with E-state index in [1.165, 1.54) is 20.3 Å². The maximum absolute atomic E-state index is 8.68. The van der Waals surface area contributed by atoms with Gasteiger partial charge in [-0.3, -0.25) is 6.29 Å². The number of hydrogen-bond acceptors (Lipinski definition) is 2. The number of rotatable bonds is 0. The average molecular weight is 190 g/mol. The van der Waals surface area contributed by atoms with E-state index in [0.29, 0.717) is 0 Å². The maximum atomic E-state index is 8.68. The molecule has 62 valence electrons. The topological polar surface area (TPSA) is 43.1 Å². The summed E-state index contributed by atoms with van der Waals surface area (Å²) >= 11 is 0. The number of hydrogen-bond donors (Lipinski definition) is 1. The minimum atomic E-state index is 0. The zero-order chi connectivity index (χ0) is 8.95. The molecule has 0 aliphatic carbocycles. The van der Waals surface area contributed by atoms with Crippen LogP contribution in [-0.2, 0) is 4.79 Å². The zero-order valence-electron chi connectivity index (χ0n) is 7.87. The van der Waals surface area contributed by atoms with Crippen LogP contribution < -0.4 is 57.1 Å². The fourth-order valence-corrected chi connectivity index (χ4v) is 0.342. The van der Waals surface area contributed by atoms with E-state index < -0.39 is 0 Å². The molecule has 2 N–H and O–H groups in total. The third kappa shape index (κ3) is 22.4. The molecule has 0 bridgehead atoms. The van der Waals surface area contributed by atoms with Gasteiger partial charge in [0.1, 0.15) is 0 Å². The van der Waals surface area contributed by atoms with Gasteiger partial charge in [-0.1, -0.05) is 0 Å². The van der Waals surface area contributed by atoms with Gasteiger partial charge in [-0.25, -0.2) is 0 Å². The maximum Gasteiger partial charge on any atom is 1.00 e. The zero-order valence-corrected chi connectivity index (χ0v) is 11.0. The molecule has 0 radical (unpaired) electrons. The Morgan fingerprint density at radius 3 is 1.58 bits per heavy atom. The van der Waals surface area contributed by atoms with Crippen molar-refractivity contribution in [1.29, 1.82) is 0 Å². The van der Waals surface area contributed by atoms with E-state index >= 15 is 0 Å². The van der Waals surface area contributed by atoms with Crippen molar-refractivity contribution in [3.8, 4) is 0 Å². The molecule has 0 heterocycles. The summed E-state index contributed by atoms with van der Waals surface area (Å²) in [4.78, 5) is 8.68. The van der Waals surface area contributed by atoms with E-state index in [2.05, 4.69) is 11.8 Å². The van der Waals surface area contributed by atoms with E-state index in [-0.39, 0.29) is 51.4 Å². The average Bonchev–Trinajstić information content (AvgIpc) is 2.12. The van der Waals surface area contributed by atoms with Crippen LogP contribution in [0, 0.1) is 6.07 Å². The Hall–Kier alpha value is 0.486. The Bertz CT molecular complexity index is 118. The molecule has 2 nitrogen and oxygen atoms in total. The molecule has 3 heteroatoms. The minimum absolute atomic E-state index is 0. The standard InChI is InChI=1S/C6H5.C2H3O.CH5N.K/c1-2-4-6-5-3-1;1-2-3;1-2;/h1-5H;1H3;2H2,1H3;/q2*-1;;+1. The summed E-state index contributed by atoms with van der Waals surface area (Å²) in [5.74, 6) is 0. The summed E-state index contributed by atoms with van der Waals surface area (Å²) in [6.07, 6.45) is 1.50. The molecule has 0 aliphatic heterocycles. The van der Waals surface area contributed by atoms with Crippen molar-refractivity contribution in [2.45, 2.75) is 6.92 Å². The first kappa shape index (κ1) is 18.3. The Balaban J connectivity index is -0.000000119. The van der Waals surface area contributed by atoms with Crippen molar-refractivity contribution in [2.75, 3.05) is 7.05 Å². The summed E-state index contributed by atoms with van der Waals surface area (Å²) in [5, 5.41) is 0. The van der Waals surface area contributed by atoms with Crippen LogP contribution in [0.15, 0.2) is 30.3 Å². The largest absolute Gasteiger partial charge is 1.00 e. The van der Waals surface area contributed by atoms with Crippen LogP contribution in [0.4, 0.5) is 0 Å². The van der Waals surface area contributed by atoms with Gasteiger partial charge in [0.25, 0.3) is 0 Å². The van der Waals surface area contributed by atoms with Gasteiger partial charge in [-0.15, -0.1) is 0 Å². The molecule has 0 aliphatic rings. The van der Waals surface area contributed by atoms with E-state index in [4.69, 9.17) is 4.79 Å². The Labute approximate surface area is 117 Å². The van der Waals surface area contributed by atoms with Gasteiger partial charge in [0, 0.05) is 0 Å². The van der Waals surface area contributed by atoms with Crippen molar-refractivity contribution in [3.05, 3.63) is 36.4 Å². The van der Waals surface area contributed by atoms with Crippen LogP contribution in [0.1, 0.15) is 6.92 Å². The molecular weight excluding hydrogens is 177 g/mol. The molecule has 0 amide bonds. The predicted molar refractivity (Wildman–Crippen MR) is 46.8 cm³/mol. The van der Waals surface area contributed by atoms with Gasteiger partial charge < -0.3 is 10.5 Å². The predicted octanol–water partition coefficient (Wildman–Crippen LogP) is -1.82. The van der Waals surface area contributed by atoms with Crippen LogP contribution in [0.2, 0.25) is 0 Å². The number of nitrogens with two attached hydrogens (primary N) is 1. The van der Waals surface area contributed by atoms with Gasteiger partial charge >= 0.3 is 51.4 Å². The third-order valence-electron chi connectivity index (χ3n) is 0.607. The van der Waals surface area contributed by atoms with E-state index in [1.54, 1.807) is 0 Å². The van der Waals surface area contributed by atoms with Crippen LogP contribution in [0.25, 0.3) is 0 Å². The number of carbonyl (C=O) groups excluding carboxylic acids is 1. The molecule has 0 saturated heterocycles. The van der Waals surface area contributed by atoms with E-state index in [1.807, 2.05) is 30.3 Å². The number of benzene rings is 1. The summed E-state index contributed by atoms with van der Waals surface area (Å²) in [5.41, 5.74) is 4.50. The molecule has 0 saturated carbocycles.